The van der Waals surface area contributed by atoms with Gasteiger partial charge in [0.1, 0.15) is 0 Å². The molecule has 1 aromatic rings. The minimum atomic E-state index is -0.156. The predicted octanol–water partition coefficient (Wildman–Crippen LogP) is 2.14. The Balaban J connectivity index is 1.48. The number of imide groups is 1. The lowest BCUT2D eigenvalue weighted by molar-refractivity contribution is -0.140. The second kappa shape index (κ2) is 3.91. The predicted molar refractivity (Wildman–Crippen MR) is 78.5 cm³/mol. The molecule has 6 atom stereocenters. The number of rotatable bonds is 2. The van der Waals surface area contributed by atoms with E-state index in [9.17, 15) is 9.59 Å². The standard InChI is InChI=1S/C16H14N2O2S/c19-15-13-9-3-4-10(12-6-11(9)12)14(13)16(20)18(15)17-7-8-2-1-5-21-8/h1-5,7,9-14H,6H2/t9-,10-,11-,12-,13+,14+/m0/s1. The summed E-state index contributed by atoms with van der Waals surface area (Å²) in [6, 6.07) is 3.85. The van der Waals surface area contributed by atoms with Gasteiger partial charge in [-0.15, -0.1) is 11.3 Å². The quantitative estimate of drug-likeness (QED) is 0.477. The molecule has 1 aromatic heterocycles. The molecular formula is C16H14N2O2S. The van der Waals surface area contributed by atoms with Gasteiger partial charge in [-0.3, -0.25) is 9.59 Å². The highest BCUT2D eigenvalue weighted by Gasteiger charge is 2.67. The van der Waals surface area contributed by atoms with Crippen molar-refractivity contribution in [2.75, 3.05) is 0 Å². The molecule has 0 radical (unpaired) electrons. The van der Waals surface area contributed by atoms with Crippen LogP contribution in [0.5, 0.6) is 0 Å². The maximum Gasteiger partial charge on any atom is 0.254 e. The first-order valence-corrected chi connectivity index (χ1v) is 8.27. The van der Waals surface area contributed by atoms with Gasteiger partial charge >= 0.3 is 0 Å². The Kier molecular flexibility index (Phi) is 2.21. The molecule has 3 fully saturated rings. The van der Waals surface area contributed by atoms with Gasteiger partial charge in [0, 0.05) is 4.88 Å². The number of carbonyl (C=O) groups is 2. The number of thiophene rings is 1. The maximum absolute atomic E-state index is 12.6. The van der Waals surface area contributed by atoms with Gasteiger partial charge in [-0.1, -0.05) is 18.2 Å². The Hall–Kier alpha value is -1.75. The third kappa shape index (κ3) is 1.47. The number of hydrogen-bond donors (Lipinski definition) is 0. The summed E-state index contributed by atoms with van der Waals surface area (Å²) in [5, 5.41) is 7.26. The fourth-order valence-electron chi connectivity index (χ4n) is 4.53. The van der Waals surface area contributed by atoms with E-state index in [4.69, 9.17) is 0 Å². The fraction of sp³-hybridized carbons (Fsp3) is 0.438. The van der Waals surface area contributed by atoms with Gasteiger partial charge in [-0.2, -0.15) is 10.1 Å². The van der Waals surface area contributed by atoms with Crippen molar-refractivity contribution in [2.24, 2.45) is 40.6 Å². The summed E-state index contributed by atoms with van der Waals surface area (Å²) in [7, 11) is 0. The van der Waals surface area contributed by atoms with Crippen LogP contribution in [0.3, 0.4) is 0 Å². The van der Waals surface area contributed by atoms with E-state index in [1.807, 2.05) is 17.5 Å². The summed E-state index contributed by atoms with van der Waals surface area (Å²) in [5.74, 6) is 1.31. The molecule has 4 nitrogen and oxygen atoms in total. The van der Waals surface area contributed by atoms with Crippen molar-refractivity contribution >= 4 is 29.4 Å². The summed E-state index contributed by atoms with van der Waals surface area (Å²) in [6.07, 6.45) is 7.16. The zero-order valence-electron chi connectivity index (χ0n) is 11.3. The second-order valence-corrected chi connectivity index (χ2v) is 7.38. The Labute approximate surface area is 126 Å². The molecule has 0 spiro atoms. The van der Waals surface area contributed by atoms with E-state index >= 15 is 0 Å². The number of hydrazone groups is 1. The van der Waals surface area contributed by atoms with E-state index in [2.05, 4.69) is 17.3 Å². The molecule has 2 bridgehead atoms. The van der Waals surface area contributed by atoms with Gasteiger partial charge in [0.2, 0.25) is 0 Å². The highest BCUT2D eigenvalue weighted by molar-refractivity contribution is 7.11. The van der Waals surface area contributed by atoms with Gasteiger partial charge in [0.05, 0.1) is 18.1 Å². The summed E-state index contributed by atoms with van der Waals surface area (Å²) in [5.41, 5.74) is 0. The zero-order valence-corrected chi connectivity index (χ0v) is 12.1. The van der Waals surface area contributed by atoms with Crippen molar-refractivity contribution in [2.45, 2.75) is 6.42 Å². The van der Waals surface area contributed by atoms with Gasteiger partial charge < -0.3 is 0 Å². The van der Waals surface area contributed by atoms with E-state index in [0.29, 0.717) is 11.8 Å². The fourth-order valence-corrected chi connectivity index (χ4v) is 5.11. The van der Waals surface area contributed by atoms with E-state index in [-0.39, 0.29) is 35.5 Å². The van der Waals surface area contributed by atoms with Crippen molar-refractivity contribution < 1.29 is 9.59 Å². The van der Waals surface area contributed by atoms with Crippen molar-refractivity contribution in [3.05, 3.63) is 34.5 Å². The summed E-state index contributed by atoms with van der Waals surface area (Å²) in [4.78, 5) is 26.2. The molecule has 6 rings (SSSR count). The molecule has 2 heterocycles. The van der Waals surface area contributed by atoms with Gasteiger partial charge in [-0.05, 0) is 41.5 Å². The SMILES string of the molecule is O=C1[C@@H]2[C@H]3C=C[C@@H]([C@@H]4C[C@@H]34)[C@H]2C(=O)N1N=Cc1cccs1. The van der Waals surface area contributed by atoms with Crippen LogP contribution in [-0.4, -0.2) is 23.0 Å². The normalized spacial score (nSPS) is 42.8. The van der Waals surface area contributed by atoms with Crippen LogP contribution < -0.4 is 0 Å². The Morgan fingerprint density at radius 2 is 1.81 bits per heavy atom. The highest BCUT2D eigenvalue weighted by Crippen LogP contribution is 2.65. The maximum atomic E-state index is 12.6. The first kappa shape index (κ1) is 11.9. The van der Waals surface area contributed by atoms with Gasteiger partial charge in [0.15, 0.2) is 0 Å². The molecule has 1 aliphatic heterocycles. The average molecular weight is 298 g/mol. The van der Waals surface area contributed by atoms with Crippen LogP contribution in [0.1, 0.15) is 11.3 Å². The van der Waals surface area contributed by atoms with Crippen LogP contribution in [0, 0.1) is 35.5 Å². The highest BCUT2D eigenvalue weighted by atomic mass is 32.1. The number of allylic oxidation sites excluding steroid dienone is 2. The van der Waals surface area contributed by atoms with E-state index in [1.165, 1.54) is 6.42 Å². The van der Waals surface area contributed by atoms with Crippen molar-refractivity contribution in [1.29, 1.82) is 0 Å². The molecule has 0 unspecified atom stereocenters. The van der Waals surface area contributed by atoms with E-state index in [1.54, 1.807) is 17.6 Å². The molecule has 21 heavy (non-hydrogen) atoms. The number of amides is 2. The third-order valence-corrected chi connectivity index (χ3v) is 6.29. The van der Waals surface area contributed by atoms with Crippen LogP contribution in [0.25, 0.3) is 0 Å². The largest absolute Gasteiger partial charge is 0.272 e. The molecule has 5 aliphatic rings. The molecule has 0 N–H and O–H groups in total. The lowest BCUT2D eigenvalue weighted by Crippen LogP contribution is -2.40. The molecule has 106 valence electrons. The minimum absolute atomic E-state index is 0.0949. The topological polar surface area (TPSA) is 49.7 Å². The van der Waals surface area contributed by atoms with Crippen LogP contribution in [0.15, 0.2) is 34.8 Å². The monoisotopic (exact) mass is 298 g/mol. The second-order valence-electron chi connectivity index (χ2n) is 6.40. The number of carbonyl (C=O) groups excluding carboxylic acids is 2. The molecular weight excluding hydrogens is 284 g/mol. The lowest BCUT2D eigenvalue weighted by atomic mass is 9.63. The van der Waals surface area contributed by atoms with Crippen molar-refractivity contribution in [3.8, 4) is 0 Å². The minimum Gasteiger partial charge on any atom is -0.272 e. The van der Waals surface area contributed by atoms with E-state index < -0.39 is 0 Å². The summed E-state index contributed by atoms with van der Waals surface area (Å²) in [6.45, 7) is 0. The zero-order chi connectivity index (χ0) is 14.1. The van der Waals surface area contributed by atoms with Crippen LogP contribution in [0.2, 0.25) is 0 Å². The molecule has 2 amide bonds. The number of nitrogens with zero attached hydrogens (tertiary/aromatic N) is 2. The summed E-state index contributed by atoms with van der Waals surface area (Å²) < 4.78 is 0. The Morgan fingerprint density at radius 1 is 1.14 bits per heavy atom. The molecule has 4 aliphatic carbocycles. The average Bonchev–Trinajstić information content (AvgIpc) is 3.10. The molecule has 1 saturated heterocycles. The van der Waals surface area contributed by atoms with E-state index in [0.717, 1.165) is 9.89 Å². The molecule has 0 aromatic carbocycles. The van der Waals surface area contributed by atoms with Crippen LogP contribution >= 0.6 is 11.3 Å². The van der Waals surface area contributed by atoms with Crippen molar-refractivity contribution in [3.63, 3.8) is 0 Å². The third-order valence-electron chi connectivity index (χ3n) is 5.48. The Bertz CT molecular complexity index is 657. The molecule has 5 heteroatoms. The lowest BCUT2D eigenvalue weighted by Gasteiger charge is -2.37. The Morgan fingerprint density at radius 3 is 2.38 bits per heavy atom. The smallest absolute Gasteiger partial charge is 0.254 e. The van der Waals surface area contributed by atoms with Crippen LogP contribution in [0.4, 0.5) is 0 Å². The first-order chi connectivity index (χ1) is 10.3. The summed E-state index contributed by atoms with van der Waals surface area (Å²) >= 11 is 1.54. The molecule has 2 saturated carbocycles. The van der Waals surface area contributed by atoms with Crippen LogP contribution in [-0.2, 0) is 9.59 Å². The van der Waals surface area contributed by atoms with Gasteiger partial charge in [0.25, 0.3) is 11.8 Å². The first-order valence-electron chi connectivity index (χ1n) is 7.39. The van der Waals surface area contributed by atoms with Gasteiger partial charge in [-0.25, -0.2) is 0 Å². The number of hydrogen-bond acceptors (Lipinski definition) is 4. The van der Waals surface area contributed by atoms with Crippen molar-refractivity contribution in [1.82, 2.24) is 5.01 Å².